The summed E-state index contributed by atoms with van der Waals surface area (Å²) in [6, 6.07) is 10.3. The number of unbranched alkanes of at least 4 members (excludes halogenated alkanes) is 3. The normalized spacial score (nSPS) is 16.9. The van der Waals surface area contributed by atoms with E-state index in [4.69, 9.17) is 4.74 Å². The monoisotopic (exact) mass is 529 g/mol. The highest BCUT2D eigenvalue weighted by molar-refractivity contribution is 6.05. The standard InChI is InChI=1S/C27H29F2N3O6/c28-27(29)38-20-7-5-6-17(14-20)24(34)30-12-3-1-2-4-13-37-19-8-9-21-18(15-19)16-32(26(21)36)22-10-11-23(33)31-25(22)35/h5-9,14-15,22,27H,1-4,10-13,16H2,(H,30,34)(H,31,33,35). The molecule has 2 heterocycles. The summed E-state index contributed by atoms with van der Waals surface area (Å²) in [5.74, 6) is -0.739. The Bertz CT molecular complexity index is 1210. The molecule has 202 valence electrons. The van der Waals surface area contributed by atoms with Gasteiger partial charge in [-0.2, -0.15) is 8.78 Å². The van der Waals surface area contributed by atoms with Gasteiger partial charge < -0.3 is 19.7 Å². The number of benzene rings is 2. The van der Waals surface area contributed by atoms with Crippen LogP contribution in [0.15, 0.2) is 42.5 Å². The summed E-state index contributed by atoms with van der Waals surface area (Å²) in [4.78, 5) is 50.0. The van der Waals surface area contributed by atoms with Crippen molar-refractivity contribution in [3.63, 3.8) is 0 Å². The van der Waals surface area contributed by atoms with E-state index in [1.165, 1.54) is 29.2 Å². The molecule has 4 rings (SSSR count). The van der Waals surface area contributed by atoms with Gasteiger partial charge in [0.15, 0.2) is 0 Å². The van der Waals surface area contributed by atoms with Crippen molar-refractivity contribution < 1.29 is 37.4 Å². The fourth-order valence-electron chi connectivity index (χ4n) is 4.53. The number of fused-ring (bicyclic) bond motifs is 1. The first kappa shape index (κ1) is 27.0. The number of nitrogens with one attached hydrogen (secondary N) is 2. The minimum absolute atomic E-state index is 0.0609. The molecule has 38 heavy (non-hydrogen) atoms. The second kappa shape index (κ2) is 12.5. The van der Waals surface area contributed by atoms with E-state index >= 15 is 0 Å². The number of amides is 4. The van der Waals surface area contributed by atoms with Crippen molar-refractivity contribution in [2.75, 3.05) is 13.2 Å². The number of rotatable bonds is 12. The van der Waals surface area contributed by atoms with Crippen LogP contribution >= 0.6 is 0 Å². The van der Waals surface area contributed by atoms with Crippen LogP contribution in [0.4, 0.5) is 8.78 Å². The van der Waals surface area contributed by atoms with Crippen molar-refractivity contribution in [2.24, 2.45) is 0 Å². The predicted molar refractivity (Wildman–Crippen MR) is 132 cm³/mol. The number of hydrogen-bond donors (Lipinski definition) is 2. The van der Waals surface area contributed by atoms with E-state index in [1.807, 2.05) is 6.07 Å². The summed E-state index contributed by atoms with van der Waals surface area (Å²) in [5.41, 5.74) is 1.59. The molecule has 1 unspecified atom stereocenters. The Hall–Kier alpha value is -4.02. The molecule has 2 N–H and O–H groups in total. The zero-order chi connectivity index (χ0) is 27.1. The molecule has 0 spiro atoms. The van der Waals surface area contributed by atoms with E-state index in [0.717, 1.165) is 31.2 Å². The van der Waals surface area contributed by atoms with E-state index in [1.54, 1.807) is 12.1 Å². The zero-order valence-electron chi connectivity index (χ0n) is 20.7. The molecule has 1 saturated heterocycles. The summed E-state index contributed by atoms with van der Waals surface area (Å²) in [6.07, 6.45) is 3.86. The van der Waals surface area contributed by atoms with Crippen molar-refractivity contribution in [3.05, 3.63) is 59.2 Å². The maximum atomic E-state index is 12.8. The smallest absolute Gasteiger partial charge is 0.387 e. The fraction of sp³-hybridized carbons (Fsp3) is 0.407. The van der Waals surface area contributed by atoms with E-state index < -0.39 is 18.6 Å². The molecule has 1 atom stereocenters. The molecule has 2 aliphatic heterocycles. The van der Waals surface area contributed by atoms with Gasteiger partial charge >= 0.3 is 6.61 Å². The Kier molecular flexibility index (Phi) is 8.88. The van der Waals surface area contributed by atoms with Crippen LogP contribution in [0.25, 0.3) is 0 Å². The number of halogens is 2. The van der Waals surface area contributed by atoms with Crippen molar-refractivity contribution in [3.8, 4) is 11.5 Å². The van der Waals surface area contributed by atoms with Gasteiger partial charge in [-0.3, -0.25) is 24.5 Å². The molecule has 11 heteroatoms. The van der Waals surface area contributed by atoms with Crippen LogP contribution in [0.3, 0.4) is 0 Å². The lowest BCUT2D eigenvalue weighted by Crippen LogP contribution is -2.52. The van der Waals surface area contributed by atoms with Crippen molar-refractivity contribution in [1.29, 1.82) is 0 Å². The Balaban J connectivity index is 1.13. The van der Waals surface area contributed by atoms with Gasteiger partial charge in [0.2, 0.25) is 11.8 Å². The van der Waals surface area contributed by atoms with Gasteiger partial charge in [-0.25, -0.2) is 0 Å². The van der Waals surface area contributed by atoms with Crippen LogP contribution in [-0.4, -0.2) is 54.3 Å². The molecule has 2 aromatic rings. The van der Waals surface area contributed by atoms with Crippen LogP contribution in [0.1, 0.15) is 64.8 Å². The van der Waals surface area contributed by atoms with Crippen molar-refractivity contribution >= 4 is 23.6 Å². The molecule has 0 aromatic heterocycles. The molecule has 0 bridgehead atoms. The second-order valence-electron chi connectivity index (χ2n) is 9.14. The van der Waals surface area contributed by atoms with Crippen LogP contribution < -0.4 is 20.1 Å². The van der Waals surface area contributed by atoms with E-state index in [9.17, 15) is 28.0 Å². The minimum atomic E-state index is -2.94. The molecule has 0 aliphatic carbocycles. The number of ether oxygens (including phenoxy) is 2. The average molecular weight is 530 g/mol. The summed E-state index contributed by atoms with van der Waals surface area (Å²) >= 11 is 0. The molecular formula is C27H29F2N3O6. The first-order chi connectivity index (χ1) is 18.3. The summed E-state index contributed by atoms with van der Waals surface area (Å²) in [7, 11) is 0. The van der Waals surface area contributed by atoms with E-state index in [0.29, 0.717) is 37.4 Å². The highest BCUT2D eigenvalue weighted by atomic mass is 19.3. The molecule has 2 aromatic carbocycles. The Morgan fingerprint density at radius 2 is 1.87 bits per heavy atom. The largest absolute Gasteiger partial charge is 0.494 e. The van der Waals surface area contributed by atoms with Gasteiger partial charge in [0.25, 0.3) is 11.8 Å². The summed E-state index contributed by atoms with van der Waals surface area (Å²) in [5, 5.41) is 5.06. The highest BCUT2D eigenvalue weighted by Gasteiger charge is 2.39. The summed E-state index contributed by atoms with van der Waals surface area (Å²) in [6.45, 7) is -1.69. The van der Waals surface area contributed by atoms with Gasteiger partial charge in [-0.15, -0.1) is 0 Å². The lowest BCUT2D eigenvalue weighted by atomic mass is 10.0. The number of carbonyl (C=O) groups excluding carboxylic acids is 4. The van der Waals surface area contributed by atoms with Crippen LogP contribution in [0.5, 0.6) is 11.5 Å². The van der Waals surface area contributed by atoms with E-state index in [-0.39, 0.29) is 35.5 Å². The number of nitrogens with zero attached hydrogens (tertiary/aromatic N) is 1. The Morgan fingerprint density at radius 3 is 2.66 bits per heavy atom. The first-order valence-corrected chi connectivity index (χ1v) is 12.6. The first-order valence-electron chi connectivity index (χ1n) is 12.6. The van der Waals surface area contributed by atoms with Crippen LogP contribution in [-0.2, 0) is 16.1 Å². The SMILES string of the molecule is O=C1CCC(N2Cc3cc(OCCCCCCNC(=O)c4cccc(OC(F)F)c4)ccc3C2=O)C(=O)N1. The lowest BCUT2D eigenvalue weighted by molar-refractivity contribution is -0.136. The highest BCUT2D eigenvalue weighted by Crippen LogP contribution is 2.30. The topological polar surface area (TPSA) is 114 Å². The third-order valence-corrected chi connectivity index (χ3v) is 6.44. The predicted octanol–water partition coefficient (Wildman–Crippen LogP) is 3.42. The number of piperidine rings is 1. The second-order valence-corrected chi connectivity index (χ2v) is 9.14. The van der Waals surface area contributed by atoms with Crippen LogP contribution in [0, 0.1) is 0 Å². The maximum absolute atomic E-state index is 12.8. The van der Waals surface area contributed by atoms with Crippen LogP contribution in [0.2, 0.25) is 0 Å². The average Bonchev–Trinajstić information content (AvgIpc) is 3.20. The van der Waals surface area contributed by atoms with Crippen molar-refractivity contribution in [1.82, 2.24) is 15.5 Å². The fourth-order valence-corrected chi connectivity index (χ4v) is 4.53. The Labute approximate surface area is 218 Å². The molecule has 4 amide bonds. The molecular weight excluding hydrogens is 500 g/mol. The third kappa shape index (κ3) is 6.84. The Morgan fingerprint density at radius 1 is 1.05 bits per heavy atom. The lowest BCUT2D eigenvalue weighted by Gasteiger charge is -2.29. The number of alkyl halides is 2. The number of imide groups is 1. The van der Waals surface area contributed by atoms with Gasteiger partial charge in [0, 0.05) is 30.6 Å². The van der Waals surface area contributed by atoms with E-state index in [2.05, 4.69) is 15.4 Å². The van der Waals surface area contributed by atoms with Gasteiger partial charge in [0.05, 0.1) is 6.61 Å². The maximum Gasteiger partial charge on any atom is 0.387 e. The summed E-state index contributed by atoms with van der Waals surface area (Å²) < 4.78 is 34.8. The molecule has 1 fully saturated rings. The van der Waals surface area contributed by atoms with Gasteiger partial charge in [0.1, 0.15) is 17.5 Å². The zero-order valence-corrected chi connectivity index (χ0v) is 20.7. The molecule has 0 radical (unpaired) electrons. The minimum Gasteiger partial charge on any atom is -0.494 e. The molecule has 2 aliphatic rings. The van der Waals surface area contributed by atoms with Gasteiger partial charge in [-0.1, -0.05) is 18.9 Å². The number of carbonyl (C=O) groups is 4. The van der Waals surface area contributed by atoms with Gasteiger partial charge in [-0.05, 0) is 61.2 Å². The number of hydrogen-bond acceptors (Lipinski definition) is 6. The van der Waals surface area contributed by atoms with Crippen molar-refractivity contribution in [2.45, 2.75) is 57.7 Å². The molecule has 9 nitrogen and oxygen atoms in total. The molecule has 0 saturated carbocycles. The third-order valence-electron chi connectivity index (χ3n) is 6.44. The quantitative estimate of drug-likeness (QED) is 0.322.